The van der Waals surface area contributed by atoms with Gasteiger partial charge < -0.3 is 5.32 Å². The first kappa shape index (κ1) is 22.6. The van der Waals surface area contributed by atoms with Crippen molar-refractivity contribution in [1.82, 2.24) is 5.32 Å². The van der Waals surface area contributed by atoms with E-state index in [-0.39, 0.29) is 0 Å². The zero-order chi connectivity index (χ0) is 14.8. The molecule has 1 aromatic carbocycles. The van der Waals surface area contributed by atoms with Crippen LogP contribution in [0.15, 0.2) is 24.3 Å². The minimum absolute atomic E-state index is 0.800. The Balaban J connectivity index is -0.000000328. The van der Waals surface area contributed by atoms with E-state index in [1.54, 1.807) is 0 Å². The standard InChI is InChI=1S/C10H14ClN.3C2H6/c1-2-7-12-8-9-3-5-10(11)6-4-9;3*1-2/h3-6,12H,2,7-8H2,1H3;3*1-2H3. The lowest BCUT2D eigenvalue weighted by molar-refractivity contribution is 0.675. The predicted octanol–water partition coefficient (Wildman–Crippen LogP) is 5.92. The first-order chi connectivity index (χ1) is 8.83. The third-order valence-corrected chi connectivity index (χ3v) is 1.92. The van der Waals surface area contributed by atoms with Gasteiger partial charge in [0, 0.05) is 11.6 Å². The van der Waals surface area contributed by atoms with Crippen LogP contribution >= 0.6 is 11.6 Å². The van der Waals surface area contributed by atoms with Gasteiger partial charge in [0.1, 0.15) is 0 Å². The Morgan fingerprint density at radius 2 is 1.33 bits per heavy atom. The second kappa shape index (κ2) is 21.7. The smallest absolute Gasteiger partial charge is 0.0406 e. The summed E-state index contributed by atoms with van der Waals surface area (Å²) in [7, 11) is 0. The van der Waals surface area contributed by atoms with E-state index in [0.717, 1.165) is 18.1 Å². The van der Waals surface area contributed by atoms with Crippen LogP contribution in [0, 0.1) is 0 Å². The molecular formula is C16H32ClN. The number of rotatable bonds is 4. The van der Waals surface area contributed by atoms with Gasteiger partial charge in [-0.1, -0.05) is 72.2 Å². The maximum absolute atomic E-state index is 5.75. The molecule has 0 spiro atoms. The largest absolute Gasteiger partial charge is 0.313 e. The normalized spacial score (nSPS) is 7.78. The van der Waals surface area contributed by atoms with Gasteiger partial charge in [-0.25, -0.2) is 0 Å². The summed E-state index contributed by atoms with van der Waals surface area (Å²) < 4.78 is 0. The summed E-state index contributed by atoms with van der Waals surface area (Å²) in [5, 5.41) is 4.13. The van der Waals surface area contributed by atoms with Crippen molar-refractivity contribution in [2.75, 3.05) is 6.54 Å². The molecule has 0 aliphatic carbocycles. The van der Waals surface area contributed by atoms with Gasteiger partial charge in [-0.05, 0) is 30.7 Å². The molecule has 1 rings (SSSR count). The van der Waals surface area contributed by atoms with Gasteiger partial charge in [0.25, 0.3) is 0 Å². The highest BCUT2D eigenvalue weighted by Gasteiger charge is 1.90. The highest BCUT2D eigenvalue weighted by atomic mass is 35.5. The molecule has 0 saturated carbocycles. The number of nitrogens with one attached hydrogen (secondary N) is 1. The fraction of sp³-hybridized carbons (Fsp3) is 0.625. The molecule has 0 fully saturated rings. The zero-order valence-corrected chi connectivity index (χ0v) is 14.1. The summed E-state index contributed by atoms with van der Waals surface area (Å²) in [6, 6.07) is 7.94. The van der Waals surface area contributed by atoms with Crippen LogP contribution in [0.1, 0.15) is 60.5 Å². The molecule has 0 amide bonds. The van der Waals surface area contributed by atoms with Crippen LogP contribution in [-0.2, 0) is 6.54 Å². The highest BCUT2D eigenvalue weighted by Crippen LogP contribution is 2.08. The molecule has 0 atom stereocenters. The lowest BCUT2D eigenvalue weighted by Crippen LogP contribution is -2.13. The molecule has 18 heavy (non-hydrogen) atoms. The number of halogens is 1. The Hall–Kier alpha value is -0.530. The minimum atomic E-state index is 0.800. The first-order valence-electron chi connectivity index (χ1n) is 7.28. The highest BCUT2D eigenvalue weighted by molar-refractivity contribution is 6.30. The number of benzene rings is 1. The Bertz CT molecular complexity index is 219. The Morgan fingerprint density at radius 1 is 0.889 bits per heavy atom. The van der Waals surface area contributed by atoms with Gasteiger partial charge in [-0.15, -0.1) is 0 Å². The number of hydrogen-bond donors (Lipinski definition) is 1. The summed E-state index contributed by atoms with van der Waals surface area (Å²) in [5.41, 5.74) is 1.29. The topological polar surface area (TPSA) is 12.0 Å². The lowest BCUT2D eigenvalue weighted by Gasteiger charge is -2.02. The van der Waals surface area contributed by atoms with Crippen LogP contribution in [-0.4, -0.2) is 6.54 Å². The van der Waals surface area contributed by atoms with Gasteiger partial charge >= 0.3 is 0 Å². The minimum Gasteiger partial charge on any atom is -0.313 e. The molecule has 1 nitrogen and oxygen atoms in total. The SMILES string of the molecule is CC.CC.CC.CCCNCc1ccc(Cl)cc1. The first-order valence-corrected chi connectivity index (χ1v) is 7.66. The summed E-state index contributed by atoms with van der Waals surface area (Å²) in [6.07, 6.45) is 1.17. The zero-order valence-electron chi connectivity index (χ0n) is 13.3. The van der Waals surface area contributed by atoms with Crippen LogP contribution in [0.5, 0.6) is 0 Å². The van der Waals surface area contributed by atoms with Crippen LogP contribution in [0.25, 0.3) is 0 Å². The Labute approximate surface area is 120 Å². The molecule has 1 N–H and O–H groups in total. The van der Waals surface area contributed by atoms with Crippen molar-refractivity contribution in [3.63, 3.8) is 0 Å². The second-order valence-corrected chi connectivity index (χ2v) is 3.24. The van der Waals surface area contributed by atoms with Gasteiger partial charge in [-0.3, -0.25) is 0 Å². The van der Waals surface area contributed by atoms with Gasteiger partial charge in [0.15, 0.2) is 0 Å². The predicted molar refractivity (Wildman–Crippen MR) is 87.5 cm³/mol. The van der Waals surface area contributed by atoms with Crippen molar-refractivity contribution in [3.05, 3.63) is 34.9 Å². The van der Waals surface area contributed by atoms with Gasteiger partial charge in [0.05, 0.1) is 0 Å². The van der Waals surface area contributed by atoms with Crippen molar-refractivity contribution in [1.29, 1.82) is 0 Å². The summed E-state index contributed by atoms with van der Waals surface area (Å²) in [5.74, 6) is 0. The molecule has 108 valence electrons. The molecule has 0 unspecified atom stereocenters. The molecule has 0 aromatic heterocycles. The quantitative estimate of drug-likeness (QED) is 0.672. The lowest BCUT2D eigenvalue weighted by atomic mass is 10.2. The van der Waals surface area contributed by atoms with E-state index in [4.69, 9.17) is 11.6 Å². The summed E-state index contributed by atoms with van der Waals surface area (Å²) >= 11 is 5.75. The fourth-order valence-electron chi connectivity index (χ4n) is 1.01. The van der Waals surface area contributed by atoms with Crippen LogP contribution in [0.4, 0.5) is 0 Å². The molecule has 0 heterocycles. The molecule has 0 aliphatic rings. The van der Waals surface area contributed by atoms with Crippen molar-refractivity contribution >= 4 is 11.6 Å². The average Bonchev–Trinajstić information content (AvgIpc) is 2.48. The average molecular weight is 274 g/mol. The van der Waals surface area contributed by atoms with E-state index >= 15 is 0 Å². The Morgan fingerprint density at radius 3 is 1.72 bits per heavy atom. The summed E-state index contributed by atoms with van der Waals surface area (Å²) in [6.45, 7) is 16.2. The van der Waals surface area contributed by atoms with Crippen LogP contribution in [0.2, 0.25) is 5.02 Å². The van der Waals surface area contributed by atoms with Crippen LogP contribution in [0.3, 0.4) is 0 Å². The molecule has 0 saturated heterocycles. The van der Waals surface area contributed by atoms with E-state index in [2.05, 4.69) is 12.2 Å². The van der Waals surface area contributed by atoms with E-state index in [1.807, 2.05) is 65.8 Å². The van der Waals surface area contributed by atoms with Crippen molar-refractivity contribution in [3.8, 4) is 0 Å². The maximum atomic E-state index is 5.75. The molecule has 0 bridgehead atoms. The Kier molecular flexibility index (Phi) is 27.3. The molecule has 1 aromatic rings. The third kappa shape index (κ3) is 15.5. The van der Waals surface area contributed by atoms with E-state index in [9.17, 15) is 0 Å². The van der Waals surface area contributed by atoms with Crippen molar-refractivity contribution in [2.45, 2.75) is 61.4 Å². The third-order valence-electron chi connectivity index (χ3n) is 1.67. The molecule has 0 aliphatic heterocycles. The van der Waals surface area contributed by atoms with Crippen molar-refractivity contribution in [2.24, 2.45) is 0 Å². The van der Waals surface area contributed by atoms with E-state index < -0.39 is 0 Å². The van der Waals surface area contributed by atoms with Crippen LogP contribution < -0.4 is 5.32 Å². The second-order valence-electron chi connectivity index (χ2n) is 2.80. The molecule has 2 heteroatoms. The van der Waals surface area contributed by atoms with Crippen molar-refractivity contribution < 1.29 is 0 Å². The monoisotopic (exact) mass is 273 g/mol. The van der Waals surface area contributed by atoms with Gasteiger partial charge in [-0.2, -0.15) is 0 Å². The maximum Gasteiger partial charge on any atom is 0.0406 e. The summed E-state index contributed by atoms with van der Waals surface area (Å²) in [4.78, 5) is 0. The van der Waals surface area contributed by atoms with E-state index in [0.29, 0.717) is 0 Å². The molecular weight excluding hydrogens is 242 g/mol. The fourth-order valence-corrected chi connectivity index (χ4v) is 1.14. The van der Waals surface area contributed by atoms with E-state index in [1.165, 1.54) is 12.0 Å². The van der Waals surface area contributed by atoms with Gasteiger partial charge in [0.2, 0.25) is 0 Å². The number of hydrogen-bond acceptors (Lipinski definition) is 1. The molecule has 0 radical (unpaired) electrons.